The van der Waals surface area contributed by atoms with E-state index >= 15 is 0 Å². The van der Waals surface area contributed by atoms with E-state index in [4.69, 9.17) is 15.0 Å². The number of aromatic nitrogens is 2. The molecule has 0 bridgehead atoms. The largest absolute Gasteiger partial charge is 0.496 e. The SMILES string of the molecule is CCC(N)c1noc(-c2ccc(OC)c(Br)c2)n1. The van der Waals surface area contributed by atoms with Crippen LogP contribution in [0.1, 0.15) is 25.2 Å². The number of rotatable bonds is 4. The van der Waals surface area contributed by atoms with E-state index in [1.54, 1.807) is 7.11 Å². The average Bonchev–Trinajstić information content (AvgIpc) is 2.87. The first-order chi connectivity index (χ1) is 8.65. The maximum absolute atomic E-state index is 5.85. The number of hydrogen-bond acceptors (Lipinski definition) is 5. The molecule has 18 heavy (non-hydrogen) atoms. The zero-order valence-electron chi connectivity index (χ0n) is 10.2. The molecule has 0 aliphatic heterocycles. The third kappa shape index (κ3) is 2.54. The summed E-state index contributed by atoms with van der Waals surface area (Å²) in [5, 5.41) is 3.88. The molecule has 2 rings (SSSR count). The van der Waals surface area contributed by atoms with Crippen molar-refractivity contribution >= 4 is 15.9 Å². The van der Waals surface area contributed by atoms with Crippen LogP contribution in [0.3, 0.4) is 0 Å². The summed E-state index contributed by atoms with van der Waals surface area (Å²) >= 11 is 3.41. The van der Waals surface area contributed by atoms with E-state index in [-0.39, 0.29) is 6.04 Å². The monoisotopic (exact) mass is 311 g/mol. The van der Waals surface area contributed by atoms with E-state index < -0.39 is 0 Å². The molecule has 0 aliphatic rings. The number of halogens is 1. The van der Waals surface area contributed by atoms with Crippen LogP contribution in [0.25, 0.3) is 11.5 Å². The molecule has 0 amide bonds. The van der Waals surface area contributed by atoms with E-state index in [0.717, 1.165) is 22.2 Å². The summed E-state index contributed by atoms with van der Waals surface area (Å²) in [6.07, 6.45) is 0.769. The zero-order valence-corrected chi connectivity index (χ0v) is 11.8. The molecule has 1 unspecified atom stereocenters. The maximum atomic E-state index is 5.85. The molecule has 1 heterocycles. The summed E-state index contributed by atoms with van der Waals surface area (Å²) in [7, 11) is 1.62. The van der Waals surface area contributed by atoms with Gasteiger partial charge in [-0.25, -0.2) is 0 Å². The van der Waals surface area contributed by atoms with Gasteiger partial charge in [0.2, 0.25) is 0 Å². The molecule has 0 spiro atoms. The minimum Gasteiger partial charge on any atom is -0.496 e. The van der Waals surface area contributed by atoms with E-state index in [2.05, 4.69) is 26.1 Å². The molecule has 0 fully saturated rings. The minimum absolute atomic E-state index is 0.191. The van der Waals surface area contributed by atoms with Crippen molar-refractivity contribution in [2.24, 2.45) is 5.73 Å². The van der Waals surface area contributed by atoms with Crippen LogP contribution < -0.4 is 10.5 Å². The molecule has 0 aliphatic carbocycles. The van der Waals surface area contributed by atoms with Crippen molar-refractivity contribution in [1.82, 2.24) is 10.1 Å². The van der Waals surface area contributed by atoms with Crippen LogP contribution in [0.4, 0.5) is 0 Å². The Morgan fingerprint density at radius 1 is 1.50 bits per heavy atom. The highest BCUT2D eigenvalue weighted by Crippen LogP contribution is 2.30. The van der Waals surface area contributed by atoms with Gasteiger partial charge in [-0.3, -0.25) is 0 Å². The normalized spacial score (nSPS) is 12.4. The quantitative estimate of drug-likeness (QED) is 0.939. The Morgan fingerprint density at radius 2 is 2.28 bits per heavy atom. The number of benzene rings is 1. The molecule has 0 saturated carbocycles. The summed E-state index contributed by atoms with van der Waals surface area (Å²) in [6.45, 7) is 1.98. The van der Waals surface area contributed by atoms with Crippen LogP contribution in [-0.2, 0) is 0 Å². The second-order valence-electron chi connectivity index (χ2n) is 3.82. The lowest BCUT2D eigenvalue weighted by atomic mass is 10.2. The summed E-state index contributed by atoms with van der Waals surface area (Å²) in [4.78, 5) is 4.28. The van der Waals surface area contributed by atoms with Gasteiger partial charge in [0.25, 0.3) is 5.89 Å². The molecule has 1 aromatic carbocycles. The Bertz CT molecular complexity index is 542. The third-order valence-electron chi connectivity index (χ3n) is 2.61. The molecule has 1 atom stereocenters. The van der Waals surface area contributed by atoms with E-state index in [1.807, 2.05) is 25.1 Å². The van der Waals surface area contributed by atoms with Crippen LogP contribution in [-0.4, -0.2) is 17.3 Å². The summed E-state index contributed by atoms with van der Waals surface area (Å²) < 4.78 is 11.2. The zero-order chi connectivity index (χ0) is 13.1. The van der Waals surface area contributed by atoms with Gasteiger partial charge in [-0.1, -0.05) is 12.1 Å². The fourth-order valence-corrected chi connectivity index (χ4v) is 2.03. The Labute approximate surface area is 113 Å². The van der Waals surface area contributed by atoms with Crippen molar-refractivity contribution in [1.29, 1.82) is 0 Å². The molecule has 1 aromatic heterocycles. The van der Waals surface area contributed by atoms with Gasteiger partial charge in [0.15, 0.2) is 5.82 Å². The molecular formula is C12H14BrN3O2. The number of ether oxygens (including phenoxy) is 1. The maximum Gasteiger partial charge on any atom is 0.258 e. The summed E-state index contributed by atoms with van der Waals surface area (Å²) in [5.74, 6) is 1.74. The molecule has 2 N–H and O–H groups in total. The fraction of sp³-hybridized carbons (Fsp3) is 0.333. The minimum atomic E-state index is -0.191. The Morgan fingerprint density at radius 3 is 2.89 bits per heavy atom. The highest BCUT2D eigenvalue weighted by molar-refractivity contribution is 9.10. The standard InChI is InChI=1S/C12H14BrN3O2/c1-3-9(14)11-15-12(18-16-11)7-4-5-10(17-2)8(13)6-7/h4-6,9H,3,14H2,1-2H3. The molecular weight excluding hydrogens is 298 g/mol. The van der Waals surface area contributed by atoms with Gasteiger partial charge in [0.05, 0.1) is 17.6 Å². The molecule has 0 saturated heterocycles. The molecule has 6 heteroatoms. The molecule has 2 aromatic rings. The van der Waals surface area contributed by atoms with E-state index in [1.165, 1.54) is 0 Å². The Hall–Kier alpha value is -1.40. The van der Waals surface area contributed by atoms with Gasteiger partial charge in [-0.15, -0.1) is 0 Å². The Kier molecular flexibility index (Phi) is 3.98. The topological polar surface area (TPSA) is 74.2 Å². The first-order valence-electron chi connectivity index (χ1n) is 5.58. The van der Waals surface area contributed by atoms with Crippen LogP contribution >= 0.6 is 15.9 Å². The predicted octanol–water partition coefficient (Wildman–Crippen LogP) is 2.92. The smallest absolute Gasteiger partial charge is 0.258 e. The van der Waals surface area contributed by atoms with Crippen LogP contribution in [0.15, 0.2) is 27.2 Å². The summed E-state index contributed by atoms with van der Waals surface area (Å²) in [6, 6.07) is 5.37. The average molecular weight is 312 g/mol. The lowest BCUT2D eigenvalue weighted by Crippen LogP contribution is -2.10. The van der Waals surface area contributed by atoms with Gasteiger partial charge in [-0.05, 0) is 40.5 Å². The molecule has 96 valence electrons. The number of nitrogens with two attached hydrogens (primary N) is 1. The second-order valence-corrected chi connectivity index (χ2v) is 4.68. The Balaban J connectivity index is 2.31. The van der Waals surface area contributed by atoms with Gasteiger partial charge in [0, 0.05) is 5.56 Å². The lowest BCUT2D eigenvalue weighted by Gasteiger charge is -2.03. The highest BCUT2D eigenvalue weighted by Gasteiger charge is 2.14. The number of nitrogens with zero attached hydrogens (tertiary/aromatic N) is 2. The number of hydrogen-bond donors (Lipinski definition) is 1. The van der Waals surface area contributed by atoms with Crippen molar-refractivity contribution in [3.63, 3.8) is 0 Å². The van der Waals surface area contributed by atoms with Gasteiger partial charge >= 0.3 is 0 Å². The van der Waals surface area contributed by atoms with Crippen molar-refractivity contribution < 1.29 is 9.26 Å². The van der Waals surface area contributed by atoms with Crippen molar-refractivity contribution in [2.75, 3.05) is 7.11 Å². The van der Waals surface area contributed by atoms with Crippen LogP contribution in [0.2, 0.25) is 0 Å². The van der Waals surface area contributed by atoms with E-state index in [0.29, 0.717) is 11.7 Å². The first kappa shape index (κ1) is 13.0. The number of methoxy groups -OCH3 is 1. The predicted molar refractivity (Wildman–Crippen MR) is 71.2 cm³/mol. The van der Waals surface area contributed by atoms with Gasteiger partial charge in [-0.2, -0.15) is 4.98 Å². The van der Waals surface area contributed by atoms with Crippen LogP contribution in [0.5, 0.6) is 5.75 Å². The van der Waals surface area contributed by atoms with Crippen LogP contribution in [0, 0.1) is 0 Å². The first-order valence-corrected chi connectivity index (χ1v) is 6.38. The van der Waals surface area contributed by atoms with Crippen molar-refractivity contribution in [3.8, 4) is 17.2 Å². The van der Waals surface area contributed by atoms with Crippen molar-refractivity contribution in [3.05, 3.63) is 28.5 Å². The molecule has 5 nitrogen and oxygen atoms in total. The second kappa shape index (κ2) is 5.49. The molecule has 0 radical (unpaired) electrons. The third-order valence-corrected chi connectivity index (χ3v) is 3.23. The highest BCUT2D eigenvalue weighted by atomic mass is 79.9. The summed E-state index contributed by atoms with van der Waals surface area (Å²) in [5.41, 5.74) is 6.67. The van der Waals surface area contributed by atoms with Gasteiger partial charge in [0.1, 0.15) is 5.75 Å². The lowest BCUT2D eigenvalue weighted by molar-refractivity contribution is 0.410. The van der Waals surface area contributed by atoms with E-state index in [9.17, 15) is 0 Å². The van der Waals surface area contributed by atoms with Crippen molar-refractivity contribution in [2.45, 2.75) is 19.4 Å². The van der Waals surface area contributed by atoms with Gasteiger partial charge < -0.3 is 15.0 Å². The fourth-order valence-electron chi connectivity index (χ4n) is 1.48.